The molecule has 2 aromatic heterocycles. The van der Waals surface area contributed by atoms with Crippen LogP contribution < -0.4 is 0 Å². The average Bonchev–Trinajstić information content (AvgIpc) is 3.07. The van der Waals surface area contributed by atoms with Crippen molar-refractivity contribution < 1.29 is 9.21 Å². The summed E-state index contributed by atoms with van der Waals surface area (Å²) in [5.41, 5.74) is 1.77. The molecule has 0 bridgehead atoms. The standard InChI is InChI=1S/C14H9BrN2O2/c15-10-7-16-17(8-10)13-4-2-1-3-12(13)14-6-5-11(9-18)19-14/h1-9H. The van der Waals surface area contributed by atoms with Crippen LogP contribution in [0.2, 0.25) is 0 Å². The predicted octanol–water partition coefficient (Wildman–Crippen LogP) is 3.71. The van der Waals surface area contributed by atoms with Gasteiger partial charge in [0.2, 0.25) is 0 Å². The third-order valence-corrected chi connectivity index (χ3v) is 3.12. The van der Waals surface area contributed by atoms with Crippen LogP contribution in [0.5, 0.6) is 0 Å². The molecule has 0 amide bonds. The van der Waals surface area contributed by atoms with Gasteiger partial charge in [0.05, 0.1) is 16.4 Å². The van der Waals surface area contributed by atoms with Gasteiger partial charge in [-0.15, -0.1) is 0 Å². The van der Waals surface area contributed by atoms with E-state index in [0.29, 0.717) is 17.8 Å². The summed E-state index contributed by atoms with van der Waals surface area (Å²) in [4.78, 5) is 10.7. The predicted molar refractivity (Wildman–Crippen MR) is 74.4 cm³/mol. The number of carbonyl (C=O) groups is 1. The molecule has 0 radical (unpaired) electrons. The Balaban J connectivity index is 2.14. The Hall–Kier alpha value is -2.14. The zero-order valence-electron chi connectivity index (χ0n) is 9.79. The molecule has 0 fully saturated rings. The van der Waals surface area contributed by atoms with E-state index >= 15 is 0 Å². The monoisotopic (exact) mass is 316 g/mol. The fourth-order valence-corrected chi connectivity index (χ4v) is 2.16. The summed E-state index contributed by atoms with van der Waals surface area (Å²) in [7, 11) is 0. The normalized spacial score (nSPS) is 10.6. The van der Waals surface area contributed by atoms with Crippen LogP contribution >= 0.6 is 15.9 Å². The molecule has 0 unspecified atom stereocenters. The van der Waals surface area contributed by atoms with Gasteiger partial charge in [-0.2, -0.15) is 5.10 Å². The second-order valence-electron chi connectivity index (χ2n) is 3.94. The molecule has 94 valence electrons. The summed E-state index contributed by atoms with van der Waals surface area (Å²) in [6, 6.07) is 11.1. The molecule has 0 N–H and O–H groups in total. The molecule has 19 heavy (non-hydrogen) atoms. The Bertz CT molecular complexity index is 730. The van der Waals surface area contributed by atoms with Crippen LogP contribution in [-0.2, 0) is 0 Å². The first-order valence-corrected chi connectivity index (χ1v) is 6.42. The lowest BCUT2D eigenvalue weighted by molar-refractivity contribution is 0.110. The van der Waals surface area contributed by atoms with Crippen LogP contribution in [0.25, 0.3) is 17.0 Å². The number of para-hydroxylation sites is 1. The molecule has 0 aliphatic heterocycles. The van der Waals surface area contributed by atoms with Gasteiger partial charge in [-0.3, -0.25) is 4.79 Å². The van der Waals surface area contributed by atoms with Crippen molar-refractivity contribution in [3.05, 3.63) is 59.0 Å². The van der Waals surface area contributed by atoms with E-state index in [4.69, 9.17) is 4.42 Å². The summed E-state index contributed by atoms with van der Waals surface area (Å²) in [6.45, 7) is 0. The topological polar surface area (TPSA) is 48.0 Å². The van der Waals surface area contributed by atoms with Gasteiger partial charge in [-0.25, -0.2) is 4.68 Å². The molecule has 0 saturated heterocycles. The molecule has 1 aromatic carbocycles. The van der Waals surface area contributed by atoms with E-state index in [2.05, 4.69) is 21.0 Å². The molecule has 0 atom stereocenters. The van der Waals surface area contributed by atoms with E-state index in [1.807, 2.05) is 30.5 Å². The Morgan fingerprint density at radius 2 is 2.05 bits per heavy atom. The molecule has 4 nitrogen and oxygen atoms in total. The average molecular weight is 317 g/mol. The number of carbonyl (C=O) groups excluding carboxylic acids is 1. The number of nitrogens with zero attached hydrogens (tertiary/aromatic N) is 2. The maximum Gasteiger partial charge on any atom is 0.185 e. The smallest absolute Gasteiger partial charge is 0.185 e. The van der Waals surface area contributed by atoms with Gasteiger partial charge < -0.3 is 4.42 Å². The van der Waals surface area contributed by atoms with Crippen LogP contribution in [0.15, 0.2) is 57.7 Å². The minimum Gasteiger partial charge on any atom is -0.453 e. The van der Waals surface area contributed by atoms with Crippen molar-refractivity contribution in [1.82, 2.24) is 9.78 Å². The number of hydrogen-bond donors (Lipinski definition) is 0. The lowest BCUT2D eigenvalue weighted by Gasteiger charge is -2.06. The van der Waals surface area contributed by atoms with Gasteiger partial charge >= 0.3 is 0 Å². The van der Waals surface area contributed by atoms with Gasteiger partial charge in [0.15, 0.2) is 12.0 Å². The number of halogens is 1. The molecule has 0 spiro atoms. The SMILES string of the molecule is O=Cc1ccc(-c2ccccc2-n2cc(Br)cn2)o1. The molecule has 3 aromatic rings. The maximum atomic E-state index is 10.7. The highest BCUT2D eigenvalue weighted by Gasteiger charge is 2.11. The van der Waals surface area contributed by atoms with E-state index in [0.717, 1.165) is 15.7 Å². The van der Waals surface area contributed by atoms with E-state index in [1.54, 1.807) is 23.0 Å². The van der Waals surface area contributed by atoms with Crippen LogP contribution in [0.1, 0.15) is 10.6 Å². The number of hydrogen-bond acceptors (Lipinski definition) is 3. The molecule has 0 saturated carbocycles. The molecule has 2 heterocycles. The van der Waals surface area contributed by atoms with Gasteiger partial charge in [-0.1, -0.05) is 12.1 Å². The zero-order valence-corrected chi connectivity index (χ0v) is 11.4. The highest BCUT2D eigenvalue weighted by atomic mass is 79.9. The summed E-state index contributed by atoms with van der Waals surface area (Å²) >= 11 is 3.37. The second kappa shape index (κ2) is 4.85. The third kappa shape index (κ3) is 2.24. The molecule has 5 heteroatoms. The Morgan fingerprint density at radius 1 is 1.21 bits per heavy atom. The van der Waals surface area contributed by atoms with Crippen molar-refractivity contribution in [3.63, 3.8) is 0 Å². The number of aldehydes is 1. The summed E-state index contributed by atoms with van der Waals surface area (Å²) in [5, 5.41) is 4.26. The Morgan fingerprint density at radius 3 is 2.74 bits per heavy atom. The van der Waals surface area contributed by atoms with E-state index in [9.17, 15) is 4.79 Å². The fourth-order valence-electron chi connectivity index (χ4n) is 1.88. The Labute approximate surface area is 117 Å². The first kappa shape index (κ1) is 11.9. The van der Waals surface area contributed by atoms with Crippen molar-refractivity contribution in [2.75, 3.05) is 0 Å². The third-order valence-electron chi connectivity index (χ3n) is 2.71. The van der Waals surface area contributed by atoms with Gasteiger partial charge in [-0.05, 0) is 40.2 Å². The summed E-state index contributed by atoms with van der Waals surface area (Å²) in [6.07, 6.45) is 4.27. The first-order chi connectivity index (χ1) is 9.28. The van der Waals surface area contributed by atoms with Crippen molar-refractivity contribution in [2.24, 2.45) is 0 Å². The molecule has 0 aliphatic rings. The molecular formula is C14H9BrN2O2. The minimum absolute atomic E-state index is 0.312. The van der Waals surface area contributed by atoms with Gasteiger partial charge in [0, 0.05) is 11.8 Å². The quantitative estimate of drug-likeness (QED) is 0.692. The van der Waals surface area contributed by atoms with Gasteiger partial charge in [0.25, 0.3) is 0 Å². The van der Waals surface area contributed by atoms with Crippen LogP contribution in [0, 0.1) is 0 Å². The highest BCUT2D eigenvalue weighted by Crippen LogP contribution is 2.28. The molecule has 0 aliphatic carbocycles. The van der Waals surface area contributed by atoms with E-state index in [1.165, 1.54) is 0 Å². The number of aromatic nitrogens is 2. The van der Waals surface area contributed by atoms with Crippen molar-refractivity contribution >= 4 is 22.2 Å². The van der Waals surface area contributed by atoms with Crippen molar-refractivity contribution in [2.45, 2.75) is 0 Å². The number of furan rings is 1. The lowest BCUT2D eigenvalue weighted by atomic mass is 10.1. The summed E-state index contributed by atoms with van der Waals surface area (Å²) < 4.78 is 8.12. The fraction of sp³-hybridized carbons (Fsp3) is 0. The van der Waals surface area contributed by atoms with Crippen molar-refractivity contribution in [1.29, 1.82) is 0 Å². The van der Waals surface area contributed by atoms with E-state index < -0.39 is 0 Å². The first-order valence-electron chi connectivity index (χ1n) is 5.63. The van der Waals surface area contributed by atoms with Crippen LogP contribution in [-0.4, -0.2) is 16.1 Å². The maximum absolute atomic E-state index is 10.7. The Kier molecular flexibility index (Phi) is 3.05. The van der Waals surface area contributed by atoms with E-state index in [-0.39, 0.29) is 0 Å². The highest BCUT2D eigenvalue weighted by molar-refractivity contribution is 9.10. The van der Waals surface area contributed by atoms with Gasteiger partial charge in [0.1, 0.15) is 5.76 Å². The molecule has 3 rings (SSSR count). The lowest BCUT2D eigenvalue weighted by Crippen LogP contribution is -1.96. The summed E-state index contributed by atoms with van der Waals surface area (Å²) in [5.74, 6) is 0.954. The second-order valence-corrected chi connectivity index (χ2v) is 4.86. The van der Waals surface area contributed by atoms with Crippen LogP contribution in [0.3, 0.4) is 0 Å². The number of rotatable bonds is 3. The minimum atomic E-state index is 0.312. The number of benzene rings is 1. The van der Waals surface area contributed by atoms with Crippen LogP contribution in [0.4, 0.5) is 0 Å². The largest absolute Gasteiger partial charge is 0.453 e. The van der Waals surface area contributed by atoms with Crippen molar-refractivity contribution in [3.8, 4) is 17.0 Å². The zero-order chi connectivity index (χ0) is 13.2. The molecular weight excluding hydrogens is 308 g/mol.